The van der Waals surface area contributed by atoms with Gasteiger partial charge in [0.25, 0.3) is 0 Å². The summed E-state index contributed by atoms with van der Waals surface area (Å²) in [4.78, 5) is 12.0. The minimum Gasteiger partial charge on any atom is -0.488 e. The highest BCUT2D eigenvalue weighted by Gasteiger charge is 2.13. The maximum Gasteiger partial charge on any atom is 0.348 e. The van der Waals surface area contributed by atoms with Gasteiger partial charge < -0.3 is 14.2 Å². The van der Waals surface area contributed by atoms with Crippen molar-refractivity contribution in [2.75, 3.05) is 20.3 Å². The summed E-state index contributed by atoms with van der Waals surface area (Å²) in [6.07, 6.45) is 1.46. The first kappa shape index (κ1) is 19.7. The van der Waals surface area contributed by atoms with Gasteiger partial charge in [-0.15, -0.1) is 0 Å². The highest BCUT2D eigenvalue weighted by molar-refractivity contribution is 9.10. The quantitative estimate of drug-likeness (QED) is 0.280. The van der Waals surface area contributed by atoms with E-state index in [1.54, 1.807) is 12.1 Å². The number of nitrogens with zero attached hydrogens (tertiary/aromatic N) is 1. The van der Waals surface area contributed by atoms with Crippen LogP contribution in [0.2, 0.25) is 0 Å². The van der Waals surface area contributed by atoms with Gasteiger partial charge in [-0.3, -0.25) is 0 Å². The number of esters is 1. The summed E-state index contributed by atoms with van der Waals surface area (Å²) in [7, 11) is 1.51. The van der Waals surface area contributed by atoms with E-state index in [4.69, 9.17) is 14.2 Å². The summed E-state index contributed by atoms with van der Waals surface area (Å²) in [6.45, 7) is 0.737. The molecule has 0 atom stereocenters. The van der Waals surface area contributed by atoms with E-state index in [0.717, 1.165) is 10.0 Å². The van der Waals surface area contributed by atoms with Gasteiger partial charge in [0.2, 0.25) is 0 Å². The third-order valence-corrected chi connectivity index (χ3v) is 3.86. The molecule has 0 fully saturated rings. The molecule has 2 aromatic carbocycles. The molecule has 26 heavy (non-hydrogen) atoms. The third-order valence-electron chi connectivity index (χ3n) is 3.37. The molecule has 0 saturated carbocycles. The molecule has 2 aromatic rings. The monoisotopic (exact) mass is 415 g/mol. The number of halogens is 1. The predicted molar refractivity (Wildman–Crippen MR) is 101 cm³/mol. The van der Waals surface area contributed by atoms with Crippen LogP contribution in [-0.4, -0.2) is 26.3 Å². The first-order valence-electron chi connectivity index (χ1n) is 7.88. The van der Waals surface area contributed by atoms with E-state index in [1.807, 2.05) is 42.5 Å². The molecule has 2 rings (SSSR count). The molecule has 0 aliphatic rings. The zero-order chi connectivity index (χ0) is 18.8. The fourth-order valence-corrected chi connectivity index (χ4v) is 2.47. The van der Waals surface area contributed by atoms with E-state index in [2.05, 4.69) is 15.9 Å². The second-order valence-corrected chi connectivity index (χ2v) is 6.17. The summed E-state index contributed by atoms with van der Waals surface area (Å²) in [6, 6.07) is 17.0. The third kappa shape index (κ3) is 6.03. The zero-order valence-corrected chi connectivity index (χ0v) is 15.9. The molecule has 5 nitrogen and oxygen atoms in total. The van der Waals surface area contributed by atoms with Gasteiger partial charge in [-0.25, -0.2) is 4.79 Å². The van der Waals surface area contributed by atoms with E-state index in [1.165, 1.54) is 13.2 Å². The molecule has 0 unspecified atom stereocenters. The number of hydrogen-bond acceptors (Lipinski definition) is 5. The van der Waals surface area contributed by atoms with Crippen molar-refractivity contribution >= 4 is 28.0 Å². The molecule has 6 heteroatoms. The number of carbonyl (C=O) groups is 1. The lowest BCUT2D eigenvalue weighted by Gasteiger charge is -2.10. The Bertz CT molecular complexity index is 812. The van der Waals surface area contributed by atoms with Crippen molar-refractivity contribution in [3.05, 3.63) is 69.7 Å². The lowest BCUT2D eigenvalue weighted by Crippen LogP contribution is -2.11. The van der Waals surface area contributed by atoms with Crippen LogP contribution in [0.3, 0.4) is 0 Å². The van der Waals surface area contributed by atoms with E-state index in [0.29, 0.717) is 17.9 Å². The van der Waals surface area contributed by atoms with Crippen LogP contribution in [-0.2, 0) is 20.9 Å². The molecule has 0 radical (unpaired) electrons. The van der Waals surface area contributed by atoms with Crippen LogP contribution >= 0.6 is 15.9 Å². The van der Waals surface area contributed by atoms with Crippen LogP contribution in [0.5, 0.6) is 5.75 Å². The molecule has 0 amide bonds. The molecule has 134 valence electrons. The lowest BCUT2D eigenvalue weighted by atomic mass is 10.1. The van der Waals surface area contributed by atoms with Crippen LogP contribution in [0.15, 0.2) is 58.6 Å². The van der Waals surface area contributed by atoms with Crippen molar-refractivity contribution in [3.63, 3.8) is 0 Å². The summed E-state index contributed by atoms with van der Waals surface area (Å²) in [5.41, 5.74) is 1.52. The number of ether oxygens (including phenoxy) is 3. The second kappa shape index (κ2) is 10.4. The number of rotatable bonds is 8. The lowest BCUT2D eigenvalue weighted by molar-refractivity contribution is -0.139. The Kier molecular flexibility index (Phi) is 7.87. The zero-order valence-electron chi connectivity index (χ0n) is 14.3. The van der Waals surface area contributed by atoms with Gasteiger partial charge in [0.05, 0.1) is 6.61 Å². The fourth-order valence-electron chi connectivity index (χ4n) is 2.09. The topological polar surface area (TPSA) is 68.5 Å². The van der Waals surface area contributed by atoms with Crippen molar-refractivity contribution in [3.8, 4) is 11.8 Å². The van der Waals surface area contributed by atoms with Gasteiger partial charge in [-0.05, 0) is 29.8 Å². The molecule has 0 heterocycles. The smallest absolute Gasteiger partial charge is 0.348 e. The summed E-state index contributed by atoms with van der Waals surface area (Å²) in [5, 5.41) is 9.28. The summed E-state index contributed by atoms with van der Waals surface area (Å²) < 4.78 is 16.5. The van der Waals surface area contributed by atoms with Crippen molar-refractivity contribution in [1.29, 1.82) is 5.26 Å². The first-order valence-corrected chi connectivity index (χ1v) is 8.67. The molecular weight excluding hydrogens is 398 g/mol. The van der Waals surface area contributed by atoms with Crippen molar-refractivity contribution in [2.45, 2.75) is 6.61 Å². The molecule has 0 saturated heterocycles. The normalized spacial score (nSPS) is 10.9. The molecule has 0 aliphatic heterocycles. The Labute approximate surface area is 160 Å². The van der Waals surface area contributed by atoms with Crippen LogP contribution in [0.4, 0.5) is 0 Å². The fraction of sp³-hybridized carbons (Fsp3) is 0.200. The Balaban J connectivity index is 2.19. The maximum atomic E-state index is 12.0. The Hall–Kier alpha value is -2.62. The van der Waals surface area contributed by atoms with Crippen LogP contribution in [0, 0.1) is 11.3 Å². The molecular formula is C20H18BrNO4. The highest BCUT2D eigenvalue weighted by Crippen LogP contribution is 2.26. The van der Waals surface area contributed by atoms with Crippen LogP contribution < -0.4 is 4.74 Å². The summed E-state index contributed by atoms with van der Waals surface area (Å²) in [5.74, 6) is -0.131. The first-order chi connectivity index (χ1) is 12.6. The van der Waals surface area contributed by atoms with Gasteiger partial charge in [-0.1, -0.05) is 46.3 Å². The molecule has 0 spiro atoms. The van der Waals surface area contributed by atoms with Gasteiger partial charge in [0, 0.05) is 17.1 Å². The van der Waals surface area contributed by atoms with Crippen LogP contribution in [0.25, 0.3) is 6.08 Å². The molecule has 0 N–H and O–H groups in total. The molecule has 0 bridgehead atoms. The number of hydrogen-bond donors (Lipinski definition) is 0. The average Bonchev–Trinajstić information content (AvgIpc) is 2.66. The predicted octanol–water partition coefficient (Wildman–Crippen LogP) is 4.12. The van der Waals surface area contributed by atoms with E-state index in [9.17, 15) is 10.1 Å². The Morgan fingerprint density at radius 2 is 1.96 bits per heavy atom. The Morgan fingerprint density at radius 3 is 2.65 bits per heavy atom. The number of benzene rings is 2. The van der Waals surface area contributed by atoms with Gasteiger partial charge >= 0.3 is 5.97 Å². The van der Waals surface area contributed by atoms with Crippen molar-refractivity contribution in [2.24, 2.45) is 0 Å². The molecule has 0 aliphatic carbocycles. The molecule has 0 aromatic heterocycles. The standard InChI is InChI=1S/C20H18BrNO4/c1-24-9-10-25-20(23)17(13-22)11-16-12-18(21)7-8-19(16)26-14-15-5-3-2-4-6-15/h2-8,11-12H,9-10,14H2,1H3/b17-11+. The summed E-state index contributed by atoms with van der Waals surface area (Å²) >= 11 is 3.39. The number of nitriles is 1. The minimum absolute atomic E-state index is 0.0875. The number of methoxy groups -OCH3 is 1. The van der Waals surface area contributed by atoms with Crippen molar-refractivity contribution in [1.82, 2.24) is 0 Å². The number of carbonyl (C=O) groups excluding carboxylic acids is 1. The van der Waals surface area contributed by atoms with E-state index in [-0.39, 0.29) is 18.8 Å². The van der Waals surface area contributed by atoms with Crippen molar-refractivity contribution < 1.29 is 19.0 Å². The maximum absolute atomic E-state index is 12.0. The highest BCUT2D eigenvalue weighted by atomic mass is 79.9. The minimum atomic E-state index is -0.696. The second-order valence-electron chi connectivity index (χ2n) is 5.25. The van der Waals surface area contributed by atoms with E-state index < -0.39 is 5.97 Å². The average molecular weight is 416 g/mol. The van der Waals surface area contributed by atoms with E-state index >= 15 is 0 Å². The SMILES string of the molecule is COCCOC(=O)/C(C#N)=C/c1cc(Br)ccc1OCc1ccccc1. The van der Waals surface area contributed by atoms with Gasteiger partial charge in [-0.2, -0.15) is 5.26 Å². The van der Waals surface area contributed by atoms with Gasteiger partial charge in [0.1, 0.15) is 30.6 Å². The Morgan fingerprint density at radius 1 is 1.19 bits per heavy atom. The largest absolute Gasteiger partial charge is 0.488 e. The van der Waals surface area contributed by atoms with Gasteiger partial charge in [0.15, 0.2) is 0 Å². The van der Waals surface area contributed by atoms with Crippen LogP contribution in [0.1, 0.15) is 11.1 Å².